The number of nitrogens with zero attached hydrogens (tertiary/aromatic N) is 1. The maximum atomic E-state index is 11.4. The molecule has 3 nitrogen and oxygen atoms in total. The number of fused-ring (bicyclic) bond motifs is 5. The summed E-state index contributed by atoms with van der Waals surface area (Å²) in [6.07, 6.45) is 19.7. The van der Waals surface area contributed by atoms with Gasteiger partial charge in [0.25, 0.3) is 0 Å². The van der Waals surface area contributed by atoms with Gasteiger partial charge in [0.1, 0.15) is 0 Å². The van der Waals surface area contributed by atoms with E-state index >= 15 is 0 Å². The summed E-state index contributed by atoms with van der Waals surface area (Å²) in [5, 5.41) is 21.9. The minimum Gasteiger partial charge on any atom is -0.390 e. The topological polar surface area (TPSA) is 53.4 Å². The Hall–Kier alpha value is -0.930. The molecule has 196 valence electrons. The number of aromatic nitrogens is 1. The van der Waals surface area contributed by atoms with Gasteiger partial charge in [-0.1, -0.05) is 46.1 Å². The summed E-state index contributed by atoms with van der Waals surface area (Å²) in [6.45, 7) is 7.51. The second-order valence-corrected chi connectivity index (χ2v) is 13.7. The molecule has 0 radical (unpaired) electrons. The van der Waals surface area contributed by atoms with E-state index < -0.39 is 6.10 Å². The van der Waals surface area contributed by atoms with Crippen molar-refractivity contribution in [3.05, 3.63) is 30.1 Å². The monoisotopic (exact) mass is 481 g/mol. The molecule has 4 fully saturated rings. The molecule has 35 heavy (non-hydrogen) atoms. The predicted molar refractivity (Wildman–Crippen MR) is 143 cm³/mol. The average Bonchev–Trinajstić information content (AvgIpc) is 3.20. The van der Waals surface area contributed by atoms with E-state index in [-0.39, 0.29) is 5.60 Å². The van der Waals surface area contributed by atoms with E-state index in [1.807, 2.05) is 18.2 Å². The highest BCUT2D eigenvalue weighted by Crippen LogP contribution is 2.68. The molecule has 4 aliphatic rings. The first-order valence-corrected chi connectivity index (χ1v) is 15.1. The van der Waals surface area contributed by atoms with E-state index in [0.717, 1.165) is 67.4 Å². The standard InChI is InChI=1S/C32H51NO2/c1-4-5-17-32(35)20-19-31(3)24(22-32)12-14-25-26-15-13-23(30(26,2)18-16-27(25)31)9-8-11-29(34)28-10-6-7-21-33-28/h6-7,10,21,23-27,29,34-35H,4-5,8-9,11-20,22H2,1-3H3/t23?,24-,25?,26-,27-,29?,30?,31-,32-/m0/s1. The largest absolute Gasteiger partial charge is 0.390 e. The third-order valence-corrected chi connectivity index (χ3v) is 12.1. The Kier molecular flexibility index (Phi) is 7.41. The summed E-state index contributed by atoms with van der Waals surface area (Å²) in [6, 6.07) is 5.84. The molecule has 2 N–H and O–H groups in total. The highest BCUT2D eigenvalue weighted by molar-refractivity contribution is 5.11. The molecule has 4 aliphatic carbocycles. The van der Waals surface area contributed by atoms with Gasteiger partial charge in [0, 0.05) is 6.20 Å². The Bertz CT molecular complexity index is 843. The normalized spacial score (nSPS) is 43.7. The van der Waals surface area contributed by atoms with E-state index in [1.54, 1.807) is 6.20 Å². The van der Waals surface area contributed by atoms with Gasteiger partial charge in [0.15, 0.2) is 0 Å². The van der Waals surface area contributed by atoms with Crippen LogP contribution in [0.25, 0.3) is 0 Å². The smallest absolute Gasteiger partial charge is 0.0959 e. The molecular formula is C32H51NO2. The number of hydrogen-bond donors (Lipinski definition) is 2. The van der Waals surface area contributed by atoms with Gasteiger partial charge in [0.2, 0.25) is 0 Å². The van der Waals surface area contributed by atoms with Crippen molar-refractivity contribution in [1.29, 1.82) is 0 Å². The maximum absolute atomic E-state index is 11.4. The third-order valence-electron chi connectivity index (χ3n) is 12.1. The molecule has 1 aromatic heterocycles. The van der Waals surface area contributed by atoms with Gasteiger partial charge in [-0.2, -0.15) is 0 Å². The molecule has 1 aromatic rings. The summed E-state index contributed by atoms with van der Waals surface area (Å²) in [7, 11) is 0. The summed E-state index contributed by atoms with van der Waals surface area (Å²) in [5.41, 5.74) is 1.39. The molecule has 0 amide bonds. The Morgan fingerprint density at radius 2 is 1.80 bits per heavy atom. The molecule has 3 heteroatoms. The Morgan fingerprint density at radius 1 is 0.971 bits per heavy atom. The lowest BCUT2D eigenvalue weighted by Gasteiger charge is -2.62. The van der Waals surface area contributed by atoms with Crippen molar-refractivity contribution in [2.75, 3.05) is 0 Å². The molecular weight excluding hydrogens is 430 g/mol. The summed E-state index contributed by atoms with van der Waals surface area (Å²) in [5.74, 6) is 4.22. The number of aliphatic hydroxyl groups is 2. The number of hydrogen-bond acceptors (Lipinski definition) is 3. The zero-order valence-electron chi connectivity index (χ0n) is 22.7. The van der Waals surface area contributed by atoms with Crippen LogP contribution in [0.1, 0.15) is 129 Å². The molecule has 5 rings (SSSR count). The van der Waals surface area contributed by atoms with Gasteiger partial charge in [-0.15, -0.1) is 0 Å². The fraction of sp³-hybridized carbons (Fsp3) is 0.844. The van der Waals surface area contributed by atoms with Crippen LogP contribution in [0.4, 0.5) is 0 Å². The van der Waals surface area contributed by atoms with Crippen molar-refractivity contribution in [2.45, 2.75) is 129 Å². The third kappa shape index (κ3) is 4.74. The number of rotatable bonds is 8. The van der Waals surface area contributed by atoms with Crippen LogP contribution in [0, 0.1) is 40.4 Å². The average molecular weight is 482 g/mol. The minimum absolute atomic E-state index is 0.380. The molecule has 0 bridgehead atoms. The highest BCUT2D eigenvalue weighted by atomic mass is 16.3. The van der Waals surface area contributed by atoms with Gasteiger partial charge in [-0.25, -0.2) is 0 Å². The second-order valence-electron chi connectivity index (χ2n) is 13.7. The number of aliphatic hydroxyl groups excluding tert-OH is 1. The summed E-state index contributed by atoms with van der Waals surface area (Å²) >= 11 is 0. The zero-order chi connectivity index (χ0) is 24.7. The first kappa shape index (κ1) is 25.7. The Morgan fingerprint density at radius 3 is 2.57 bits per heavy atom. The number of unbranched alkanes of at least 4 members (excludes halogenated alkanes) is 1. The lowest BCUT2D eigenvalue weighted by molar-refractivity contribution is -0.152. The quantitative estimate of drug-likeness (QED) is 0.397. The lowest BCUT2D eigenvalue weighted by Crippen LogP contribution is -2.55. The van der Waals surface area contributed by atoms with Crippen LogP contribution in [0.5, 0.6) is 0 Å². The van der Waals surface area contributed by atoms with Crippen molar-refractivity contribution >= 4 is 0 Å². The SMILES string of the molecule is CCCC[C@]1(O)CC[C@@]2(C)[C@@H](CCC3[C@@H]4CCC(CCCC(O)c5ccccn5)C4(C)CC[C@@H]32)C1. The van der Waals surface area contributed by atoms with Crippen molar-refractivity contribution in [1.82, 2.24) is 4.98 Å². The van der Waals surface area contributed by atoms with E-state index in [1.165, 1.54) is 64.2 Å². The van der Waals surface area contributed by atoms with E-state index in [9.17, 15) is 10.2 Å². The molecule has 0 saturated heterocycles. The van der Waals surface area contributed by atoms with Crippen LogP contribution in [0.2, 0.25) is 0 Å². The van der Waals surface area contributed by atoms with Crippen LogP contribution < -0.4 is 0 Å². The molecule has 9 atom stereocenters. The first-order valence-electron chi connectivity index (χ1n) is 15.1. The maximum Gasteiger partial charge on any atom is 0.0959 e. The molecule has 4 unspecified atom stereocenters. The molecule has 0 spiro atoms. The van der Waals surface area contributed by atoms with Crippen molar-refractivity contribution in [3.63, 3.8) is 0 Å². The van der Waals surface area contributed by atoms with Gasteiger partial charge in [-0.05, 0) is 130 Å². The minimum atomic E-state index is -0.422. The molecule has 0 aromatic carbocycles. The van der Waals surface area contributed by atoms with Crippen LogP contribution in [0.3, 0.4) is 0 Å². The lowest BCUT2D eigenvalue weighted by atomic mass is 9.43. The van der Waals surface area contributed by atoms with Gasteiger partial charge in [-0.3, -0.25) is 4.98 Å². The predicted octanol–water partition coefficient (Wildman–Crippen LogP) is 7.87. The van der Waals surface area contributed by atoms with Crippen LogP contribution in [-0.2, 0) is 0 Å². The highest BCUT2D eigenvalue weighted by Gasteiger charge is 2.60. The van der Waals surface area contributed by atoms with Gasteiger partial charge in [0.05, 0.1) is 17.4 Å². The molecule has 4 saturated carbocycles. The Balaban J connectivity index is 1.20. The molecule has 1 heterocycles. The molecule has 0 aliphatic heterocycles. The van der Waals surface area contributed by atoms with Gasteiger partial charge < -0.3 is 10.2 Å². The number of pyridine rings is 1. The van der Waals surface area contributed by atoms with E-state index in [0.29, 0.717) is 10.8 Å². The first-order chi connectivity index (χ1) is 16.8. The van der Waals surface area contributed by atoms with E-state index in [2.05, 4.69) is 25.8 Å². The van der Waals surface area contributed by atoms with Crippen molar-refractivity contribution in [2.24, 2.45) is 40.4 Å². The second kappa shape index (κ2) is 10.1. The van der Waals surface area contributed by atoms with Crippen molar-refractivity contribution in [3.8, 4) is 0 Å². The summed E-state index contributed by atoms with van der Waals surface area (Å²) in [4.78, 5) is 4.35. The van der Waals surface area contributed by atoms with Crippen LogP contribution in [0.15, 0.2) is 24.4 Å². The zero-order valence-corrected chi connectivity index (χ0v) is 22.7. The van der Waals surface area contributed by atoms with Crippen LogP contribution >= 0.6 is 0 Å². The fourth-order valence-corrected chi connectivity index (χ4v) is 9.92. The van der Waals surface area contributed by atoms with Crippen LogP contribution in [-0.4, -0.2) is 20.8 Å². The Labute approximate surface area is 214 Å². The van der Waals surface area contributed by atoms with Crippen molar-refractivity contribution < 1.29 is 10.2 Å². The van der Waals surface area contributed by atoms with E-state index in [4.69, 9.17) is 0 Å². The summed E-state index contributed by atoms with van der Waals surface area (Å²) < 4.78 is 0. The van der Waals surface area contributed by atoms with Gasteiger partial charge >= 0.3 is 0 Å². The fourth-order valence-electron chi connectivity index (χ4n) is 9.92.